The van der Waals surface area contributed by atoms with Crippen molar-refractivity contribution in [3.63, 3.8) is 0 Å². The van der Waals surface area contributed by atoms with Gasteiger partial charge in [-0.15, -0.1) is 0 Å². The molecule has 152 valence electrons. The maximum absolute atomic E-state index is 2.21. The van der Waals surface area contributed by atoms with Gasteiger partial charge in [-0.1, -0.05) is 94.3 Å². The third-order valence-corrected chi connectivity index (χ3v) is 6.54. The summed E-state index contributed by atoms with van der Waals surface area (Å²) >= 11 is 3.62. The van der Waals surface area contributed by atoms with E-state index in [2.05, 4.69) is 125 Å². The molecule has 0 atom stereocenters. The van der Waals surface area contributed by atoms with E-state index in [0.29, 0.717) is 0 Å². The molecule has 2 heteroatoms. The Labute approximate surface area is 189 Å². The summed E-state index contributed by atoms with van der Waals surface area (Å²) in [5.74, 6) is 0. The van der Waals surface area contributed by atoms with Gasteiger partial charge in [-0.05, 0) is 76.2 Å². The van der Waals surface area contributed by atoms with Gasteiger partial charge < -0.3 is 0 Å². The summed E-state index contributed by atoms with van der Waals surface area (Å²) in [5.41, 5.74) is 5.24. The van der Waals surface area contributed by atoms with Crippen molar-refractivity contribution >= 4 is 23.5 Å². The summed E-state index contributed by atoms with van der Waals surface area (Å²) in [7, 11) is 0. The van der Waals surface area contributed by atoms with Crippen molar-refractivity contribution in [3.8, 4) is 0 Å². The normalized spacial score (nSPS) is 10.3. The van der Waals surface area contributed by atoms with Gasteiger partial charge in [-0.3, -0.25) is 0 Å². The van der Waals surface area contributed by atoms with Gasteiger partial charge in [-0.2, -0.15) is 0 Å². The molecule has 0 saturated heterocycles. The summed E-state index contributed by atoms with van der Waals surface area (Å²) in [6.07, 6.45) is 0. The highest BCUT2D eigenvalue weighted by atomic mass is 32.2. The van der Waals surface area contributed by atoms with Gasteiger partial charge in [0.25, 0.3) is 0 Å². The van der Waals surface area contributed by atoms with Crippen molar-refractivity contribution in [1.29, 1.82) is 0 Å². The minimum atomic E-state index is 1.30. The Hall–Kier alpha value is -2.42. The van der Waals surface area contributed by atoms with Crippen LogP contribution in [0.1, 0.15) is 22.3 Å². The first-order valence-electron chi connectivity index (χ1n) is 10.1. The van der Waals surface area contributed by atoms with Crippen molar-refractivity contribution in [2.24, 2.45) is 0 Å². The lowest BCUT2D eigenvalue weighted by Crippen LogP contribution is -1.76. The fraction of sp³-hybridized carbons (Fsp3) is 0.143. The van der Waals surface area contributed by atoms with Crippen LogP contribution in [0.3, 0.4) is 0 Å². The Balaban J connectivity index is 0.000000171. The predicted molar refractivity (Wildman–Crippen MR) is 133 cm³/mol. The molecule has 0 nitrogen and oxygen atoms in total. The largest absolute Gasteiger partial charge is 0.0901 e. The molecule has 4 rings (SSSR count). The molecule has 0 N–H and O–H groups in total. The minimum Gasteiger partial charge on any atom is -0.0901 e. The Kier molecular flexibility index (Phi) is 8.24. The Bertz CT molecular complexity index is 1000. The highest BCUT2D eigenvalue weighted by Crippen LogP contribution is 2.28. The van der Waals surface area contributed by atoms with E-state index in [0.717, 1.165) is 0 Å². The third kappa shape index (κ3) is 7.44. The number of aryl methyl sites for hydroxylation is 4. The topological polar surface area (TPSA) is 0 Å². The Morgan fingerprint density at radius 2 is 0.733 bits per heavy atom. The van der Waals surface area contributed by atoms with Gasteiger partial charge in [0.2, 0.25) is 0 Å². The maximum Gasteiger partial charge on any atom is 0.0124 e. The first-order chi connectivity index (χ1) is 14.5. The van der Waals surface area contributed by atoms with Crippen LogP contribution in [-0.4, -0.2) is 0 Å². The van der Waals surface area contributed by atoms with E-state index in [1.807, 2.05) is 11.8 Å². The van der Waals surface area contributed by atoms with Crippen LogP contribution in [0, 0.1) is 27.7 Å². The van der Waals surface area contributed by atoms with E-state index in [-0.39, 0.29) is 0 Å². The standard InChI is InChI=1S/2C14H14S/c1-11-3-7-13(8-4-11)15-14-9-5-12(2)6-10-14;1-11-6-8-13(9-7-11)15-14-5-3-4-12(2)10-14/h2*3-10H,1-2H3. The summed E-state index contributed by atoms with van der Waals surface area (Å²) in [5, 5.41) is 0. The number of benzene rings is 4. The van der Waals surface area contributed by atoms with E-state index in [1.165, 1.54) is 41.8 Å². The SMILES string of the molecule is Cc1ccc(Sc2ccc(C)cc2)cc1.Cc1ccc(Sc2cccc(C)c2)cc1. The number of hydrogen-bond donors (Lipinski definition) is 0. The molecule has 0 radical (unpaired) electrons. The third-order valence-electron chi connectivity index (χ3n) is 4.52. The molecule has 0 aliphatic carbocycles. The average Bonchev–Trinajstić information content (AvgIpc) is 2.74. The van der Waals surface area contributed by atoms with Crippen molar-refractivity contribution in [3.05, 3.63) is 119 Å². The molecule has 0 amide bonds. The van der Waals surface area contributed by atoms with E-state index in [4.69, 9.17) is 0 Å². The lowest BCUT2D eigenvalue weighted by molar-refractivity contribution is 1.33. The second-order valence-corrected chi connectivity index (χ2v) is 9.75. The van der Waals surface area contributed by atoms with Gasteiger partial charge in [0.05, 0.1) is 0 Å². The van der Waals surface area contributed by atoms with Crippen LogP contribution in [0.5, 0.6) is 0 Å². The van der Waals surface area contributed by atoms with Gasteiger partial charge in [0, 0.05) is 19.6 Å². The van der Waals surface area contributed by atoms with E-state index in [9.17, 15) is 0 Å². The van der Waals surface area contributed by atoms with Crippen LogP contribution in [0.25, 0.3) is 0 Å². The highest BCUT2D eigenvalue weighted by molar-refractivity contribution is 7.99. The van der Waals surface area contributed by atoms with Crippen molar-refractivity contribution < 1.29 is 0 Å². The van der Waals surface area contributed by atoms with Gasteiger partial charge in [0.1, 0.15) is 0 Å². The summed E-state index contributed by atoms with van der Waals surface area (Å²) < 4.78 is 0. The molecule has 0 fully saturated rings. The highest BCUT2D eigenvalue weighted by Gasteiger charge is 1.97. The second-order valence-electron chi connectivity index (χ2n) is 7.46. The van der Waals surface area contributed by atoms with E-state index >= 15 is 0 Å². The fourth-order valence-electron chi connectivity index (χ4n) is 2.77. The quantitative estimate of drug-likeness (QED) is 0.318. The monoisotopic (exact) mass is 428 g/mol. The molecule has 0 aliphatic heterocycles. The van der Waals surface area contributed by atoms with E-state index < -0.39 is 0 Å². The molecular weight excluding hydrogens is 400 g/mol. The van der Waals surface area contributed by atoms with Crippen molar-refractivity contribution in [2.75, 3.05) is 0 Å². The summed E-state index contributed by atoms with van der Waals surface area (Å²) in [4.78, 5) is 5.19. The van der Waals surface area contributed by atoms with Gasteiger partial charge >= 0.3 is 0 Å². The molecule has 4 aromatic carbocycles. The van der Waals surface area contributed by atoms with Crippen LogP contribution in [0.15, 0.2) is 117 Å². The van der Waals surface area contributed by atoms with Crippen LogP contribution in [0.4, 0.5) is 0 Å². The molecule has 4 aromatic rings. The van der Waals surface area contributed by atoms with Crippen LogP contribution in [-0.2, 0) is 0 Å². The van der Waals surface area contributed by atoms with Crippen LogP contribution < -0.4 is 0 Å². The minimum absolute atomic E-state index is 1.30. The predicted octanol–water partition coefficient (Wildman–Crippen LogP) is 8.91. The molecule has 0 bridgehead atoms. The molecule has 0 aliphatic rings. The maximum atomic E-state index is 2.21. The zero-order chi connectivity index (χ0) is 21.3. The number of hydrogen-bond acceptors (Lipinski definition) is 2. The zero-order valence-corrected chi connectivity index (χ0v) is 19.7. The average molecular weight is 429 g/mol. The summed E-state index contributed by atoms with van der Waals surface area (Å²) in [6.45, 7) is 8.46. The fourth-order valence-corrected chi connectivity index (χ4v) is 4.52. The Morgan fingerprint density at radius 3 is 1.10 bits per heavy atom. The number of rotatable bonds is 4. The molecule has 30 heavy (non-hydrogen) atoms. The molecule has 0 spiro atoms. The zero-order valence-electron chi connectivity index (χ0n) is 18.1. The first kappa shape index (κ1) is 22.3. The molecular formula is C28H28S2. The molecule has 0 aromatic heterocycles. The molecule has 0 unspecified atom stereocenters. The van der Waals surface area contributed by atoms with E-state index in [1.54, 1.807) is 11.8 Å². The van der Waals surface area contributed by atoms with Gasteiger partial charge in [0.15, 0.2) is 0 Å². The lowest BCUT2D eigenvalue weighted by atomic mass is 10.2. The molecule has 0 saturated carbocycles. The van der Waals surface area contributed by atoms with Gasteiger partial charge in [-0.25, -0.2) is 0 Å². The Morgan fingerprint density at radius 1 is 0.367 bits per heavy atom. The smallest absolute Gasteiger partial charge is 0.0124 e. The summed E-state index contributed by atoms with van der Waals surface area (Å²) in [6, 6.07) is 34.5. The van der Waals surface area contributed by atoms with Crippen molar-refractivity contribution in [2.45, 2.75) is 47.3 Å². The first-order valence-corrected chi connectivity index (χ1v) is 11.7. The second kappa shape index (κ2) is 11.1. The lowest BCUT2D eigenvalue weighted by Gasteiger charge is -2.02. The van der Waals surface area contributed by atoms with Crippen LogP contribution in [0.2, 0.25) is 0 Å². The van der Waals surface area contributed by atoms with Crippen molar-refractivity contribution in [1.82, 2.24) is 0 Å². The molecule has 0 heterocycles. The van der Waals surface area contributed by atoms with Crippen LogP contribution >= 0.6 is 23.5 Å².